The van der Waals surface area contributed by atoms with E-state index < -0.39 is 10.0 Å². The quantitative estimate of drug-likeness (QED) is 0.853. The number of aromatic nitrogens is 1. The van der Waals surface area contributed by atoms with Gasteiger partial charge in [-0.2, -0.15) is 4.31 Å². The summed E-state index contributed by atoms with van der Waals surface area (Å²) in [5.74, 6) is 0.567. The van der Waals surface area contributed by atoms with E-state index in [1.165, 1.54) is 6.20 Å². The summed E-state index contributed by atoms with van der Waals surface area (Å²) >= 11 is 6.01. The van der Waals surface area contributed by atoms with Crippen LogP contribution in [0.5, 0.6) is 5.75 Å². The predicted molar refractivity (Wildman–Crippen MR) is 76.4 cm³/mol. The molecule has 1 aromatic rings. The zero-order valence-corrected chi connectivity index (χ0v) is 12.6. The van der Waals surface area contributed by atoms with Crippen LogP contribution in [0.1, 0.15) is 25.7 Å². The molecule has 0 radical (unpaired) electrons. The van der Waals surface area contributed by atoms with Gasteiger partial charge in [0.15, 0.2) is 0 Å². The van der Waals surface area contributed by atoms with Crippen LogP contribution in [0.2, 0.25) is 5.02 Å². The fourth-order valence-corrected chi connectivity index (χ4v) is 4.52. The lowest BCUT2D eigenvalue weighted by atomic mass is 10.1. The van der Waals surface area contributed by atoms with Crippen LogP contribution in [0.15, 0.2) is 18.5 Å². The second-order valence-electron chi connectivity index (χ2n) is 5.29. The molecule has 1 saturated heterocycles. The van der Waals surface area contributed by atoms with Crippen LogP contribution in [0.4, 0.5) is 0 Å². The Morgan fingerprint density at radius 2 is 2.15 bits per heavy atom. The van der Waals surface area contributed by atoms with Gasteiger partial charge in [0.05, 0.1) is 11.8 Å². The Morgan fingerprint density at radius 3 is 2.85 bits per heavy atom. The van der Waals surface area contributed by atoms with Crippen LogP contribution in [-0.4, -0.2) is 42.2 Å². The van der Waals surface area contributed by atoms with Gasteiger partial charge in [-0.15, -0.1) is 0 Å². The Labute approximate surface area is 123 Å². The van der Waals surface area contributed by atoms with Crippen molar-refractivity contribution < 1.29 is 13.2 Å². The summed E-state index contributed by atoms with van der Waals surface area (Å²) in [6.07, 6.45) is 6.24. The molecule has 0 spiro atoms. The SMILES string of the molecule is O=S(=O)(C1CC1)N1CCC[C@H](Oc2ccncc2Cl)C1. The highest BCUT2D eigenvalue weighted by atomic mass is 35.5. The molecule has 5 nitrogen and oxygen atoms in total. The molecule has 1 saturated carbocycles. The smallest absolute Gasteiger partial charge is 0.217 e. The van der Waals surface area contributed by atoms with Crippen molar-refractivity contribution in [1.82, 2.24) is 9.29 Å². The van der Waals surface area contributed by atoms with Crippen molar-refractivity contribution in [1.29, 1.82) is 0 Å². The first-order chi connectivity index (χ1) is 9.57. The first kappa shape index (κ1) is 14.1. The lowest BCUT2D eigenvalue weighted by molar-refractivity contribution is 0.129. The van der Waals surface area contributed by atoms with Crippen LogP contribution in [-0.2, 0) is 10.0 Å². The molecule has 110 valence electrons. The average molecular weight is 317 g/mol. The minimum absolute atomic E-state index is 0.142. The molecule has 1 atom stereocenters. The van der Waals surface area contributed by atoms with Crippen molar-refractivity contribution in [3.63, 3.8) is 0 Å². The minimum atomic E-state index is -3.12. The van der Waals surface area contributed by atoms with Gasteiger partial charge < -0.3 is 4.74 Å². The lowest BCUT2D eigenvalue weighted by Crippen LogP contribution is -2.45. The number of hydrogen-bond acceptors (Lipinski definition) is 4. The van der Waals surface area contributed by atoms with Gasteiger partial charge in [0.25, 0.3) is 0 Å². The molecule has 2 aliphatic rings. The fourth-order valence-electron chi connectivity index (χ4n) is 2.45. The number of pyridine rings is 1. The molecular weight excluding hydrogens is 300 g/mol. The zero-order valence-electron chi connectivity index (χ0n) is 11.0. The van der Waals surface area contributed by atoms with Crippen LogP contribution >= 0.6 is 11.6 Å². The van der Waals surface area contributed by atoms with Gasteiger partial charge in [-0.05, 0) is 25.7 Å². The Bertz CT molecular complexity index is 589. The van der Waals surface area contributed by atoms with Gasteiger partial charge in [0.1, 0.15) is 16.9 Å². The molecule has 0 bridgehead atoms. The number of rotatable bonds is 4. The number of piperidine rings is 1. The van der Waals surface area contributed by atoms with Crippen LogP contribution in [0.25, 0.3) is 0 Å². The second kappa shape index (κ2) is 5.50. The number of nitrogens with zero attached hydrogens (tertiary/aromatic N) is 2. The van der Waals surface area contributed by atoms with Gasteiger partial charge in [0.2, 0.25) is 10.0 Å². The van der Waals surface area contributed by atoms with Gasteiger partial charge in [-0.1, -0.05) is 11.6 Å². The normalized spacial score (nSPS) is 24.6. The average Bonchev–Trinajstić information content (AvgIpc) is 3.27. The van der Waals surface area contributed by atoms with E-state index in [1.54, 1.807) is 16.6 Å². The summed E-state index contributed by atoms with van der Waals surface area (Å²) in [5.41, 5.74) is 0. The fraction of sp³-hybridized carbons (Fsp3) is 0.615. The molecule has 7 heteroatoms. The predicted octanol–water partition coefficient (Wildman–Crippen LogP) is 2.07. The van der Waals surface area contributed by atoms with E-state index in [1.807, 2.05) is 0 Å². The van der Waals surface area contributed by atoms with Gasteiger partial charge >= 0.3 is 0 Å². The molecular formula is C13H17ClN2O3S. The molecule has 3 rings (SSSR count). The molecule has 0 amide bonds. The molecule has 0 aromatic carbocycles. The summed E-state index contributed by atoms with van der Waals surface area (Å²) in [7, 11) is -3.12. The topological polar surface area (TPSA) is 59.5 Å². The Hall–Kier alpha value is -0.850. The monoisotopic (exact) mass is 316 g/mol. The van der Waals surface area contributed by atoms with Gasteiger partial charge in [-0.3, -0.25) is 4.98 Å². The summed E-state index contributed by atoms with van der Waals surface area (Å²) in [5, 5.41) is 0.292. The Kier molecular flexibility index (Phi) is 3.88. The van der Waals surface area contributed by atoms with E-state index in [2.05, 4.69) is 4.98 Å². The summed E-state index contributed by atoms with van der Waals surface area (Å²) < 4.78 is 31.9. The summed E-state index contributed by atoms with van der Waals surface area (Å²) in [6.45, 7) is 1.01. The van der Waals surface area contributed by atoms with E-state index in [0.29, 0.717) is 23.9 Å². The van der Waals surface area contributed by atoms with Crippen molar-refractivity contribution in [3.8, 4) is 5.75 Å². The third-order valence-corrected chi connectivity index (χ3v) is 6.32. The highest BCUT2D eigenvalue weighted by Gasteiger charge is 2.41. The third-order valence-electron chi connectivity index (χ3n) is 3.68. The van der Waals surface area contributed by atoms with Crippen LogP contribution in [0.3, 0.4) is 0 Å². The van der Waals surface area contributed by atoms with Crippen molar-refractivity contribution in [2.24, 2.45) is 0 Å². The molecule has 1 aliphatic carbocycles. The molecule has 0 unspecified atom stereocenters. The maximum Gasteiger partial charge on any atom is 0.217 e. The van der Waals surface area contributed by atoms with Crippen molar-refractivity contribution in [3.05, 3.63) is 23.5 Å². The standard InChI is InChI=1S/C13H17ClN2O3S/c14-12-8-15-6-5-13(12)19-10-2-1-7-16(9-10)20(17,18)11-3-4-11/h5-6,8,10-11H,1-4,7,9H2/t10-/m0/s1. The third kappa shape index (κ3) is 2.92. The Morgan fingerprint density at radius 1 is 1.35 bits per heavy atom. The Balaban J connectivity index is 1.68. The number of halogens is 1. The zero-order chi connectivity index (χ0) is 14.2. The van der Waals surface area contributed by atoms with Crippen LogP contribution < -0.4 is 4.74 Å². The molecule has 2 fully saturated rings. The van der Waals surface area contributed by atoms with E-state index >= 15 is 0 Å². The number of ether oxygens (including phenoxy) is 1. The highest BCUT2D eigenvalue weighted by Crippen LogP contribution is 2.33. The molecule has 0 N–H and O–H groups in total. The largest absolute Gasteiger partial charge is 0.487 e. The van der Waals surface area contributed by atoms with Crippen molar-refractivity contribution in [2.45, 2.75) is 37.0 Å². The summed E-state index contributed by atoms with van der Waals surface area (Å²) in [6, 6.07) is 1.71. The van der Waals surface area contributed by atoms with E-state index in [0.717, 1.165) is 25.7 Å². The molecule has 1 aromatic heterocycles. The summed E-state index contributed by atoms with van der Waals surface area (Å²) in [4.78, 5) is 3.91. The highest BCUT2D eigenvalue weighted by molar-refractivity contribution is 7.90. The van der Waals surface area contributed by atoms with Crippen molar-refractivity contribution in [2.75, 3.05) is 13.1 Å². The van der Waals surface area contributed by atoms with Gasteiger partial charge in [-0.25, -0.2) is 8.42 Å². The van der Waals surface area contributed by atoms with E-state index in [-0.39, 0.29) is 11.4 Å². The maximum absolute atomic E-state index is 12.2. The number of sulfonamides is 1. The first-order valence-corrected chi connectivity index (χ1v) is 8.70. The second-order valence-corrected chi connectivity index (χ2v) is 7.91. The van der Waals surface area contributed by atoms with Gasteiger partial charge in [0, 0.05) is 25.0 Å². The number of hydrogen-bond donors (Lipinski definition) is 0. The van der Waals surface area contributed by atoms with Crippen LogP contribution in [0, 0.1) is 0 Å². The van der Waals surface area contributed by atoms with E-state index in [9.17, 15) is 8.42 Å². The van der Waals surface area contributed by atoms with Crippen molar-refractivity contribution >= 4 is 21.6 Å². The maximum atomic E-state index is 12.2. The lowest BCUT2D eigenvalue weighted by Gasteiger charge is -2.32. The first-order valence-electron chi connectivity index (χ1n) is 6.82. The minimum Gasteiger partial charge on any atom is -0.487 e. The van der Waals surface area contributed by atoms with E-state index in [4.69, 9.17) is 16.3 Å². The molecule has 20 heavy (non-hydrogen) atoms. The molecule has 1 aliphatic heterocycles. The molecule has 2 heterocycles.